The van der Waals surface area contributed by atoms with E-state index in [2.05, 4.69) is 32.5 Å². The molecule has 9 heteroatoms. The fourth-order valence-corrected chi connectivity index (χ4v) is 5.29. The van der Waals surface area contributed by atoms with Crippen molar-refractivity contribution in [3.05, 3.63) is 47.2 Å². The van der Waals surface area contributed by atoms with Crippen LogP contribution in [0.25, 0.3) is 0 Å². The Morgan fingerprint density at radius 3 is 2.67 bits per heavy atom. The summed E-state index contributed by atoms with van der Waals surface area (Å²) in [6.07, 6.45) is 0. The summed E-state index contributed by atoms with van der Waals surface area (Å²) in [5.41, 5.74) is 3.99. The van der Waals surface area contributed by atoms with Crippen LogP contribution in [0.1, 0.15) is 21.6 Å². The maximum Gasteiger partial charge on any atom is 0.326 e. The number of carbonyl (C=O) groups excluding carboxylic acids is 2. The van der Waals surface area contributed by atoms with E-state index in [9.17, 15) is 9.59 Å². The molecule has 0 aliphatic carbocycles. The van der Waals surface area contributed by atoms with E-state index >= 15 is 0 Å². The molecule has 0 saturated carbocycles. The number of aromatic nitrogens is 1. The number of aryl methyl sites for hydroxylation is 2. The summed E-state index contributed by atoms with van der Waals surface area (Å²) in [7, 11) is 2.13. The maximum atomic E-state index is 13.1. The summed E-state index contributed by atoms with van der Waals surface area (Å²) in [6, 6.07) is 8.88. The molecule has 2 N–H and O–H groups in total. The van der Waals surface area contributed by atoms with E-state index in [-0.39, 0.29) is 11.9 Å². The van der Waals surface area contributed by atoms with Crippen LogP contribution in [-0.4, -0.2) is 85.3 Å². The number of carbonyl (C=O) groups is 2. The fourth-order valence-electron chi connectivity index (χ4n) is 4.20. The number of likely N-dealkylation sites (N-methyl/N-ethyl adjacent to an activating group) is 1. The molecule has 1 aromatic carbocycles. The summed E-state index contributed by atoms with van der Waals surface area (Å²) in [5.74, 6) is 0.668. The highest BCUT2D eigenvalue weighted by Gasteiger charge is 2.26. The molecule has 33 heavy (non-hydrogen) atoms. The lowest BCUT2D eigenvalue weighted by atomic mass is 10.2. The minimum atomic E-state index is -0.210. The van der Waals surface area contributed by atoms with Gasteiger partial charge in [-0.15, -0.1) is 11.8 Å². The van der Waals surface area contributed by atoms with Gasteiger partial charge in [-0.2, -0.15) is 0 Å². The topological polar surface area (TPSA) is 80.8 Å². The summed E-state index contributed by atoms with van der Waals surface area (Å²) in [6.45, 7) is 10.2. The molecule has 0 bridgehead atoms. The number of pyridine rings is 1. The third kappa shape index (κ3) is 5.85. The van der Waals surface area contributed by atoms with E-state index in [0.717, 1.165) is 60.4 Å². The number of nitrogens with one attached hydrogen (secondary N) is 2. The van der Waals surface area contributed by atoms with Crippen LogP contribution in [0.15, 0.2) is 35.4 Å². The molecule has 3 amide bonds. The van der Waals surface area contributed by atoms with E-state index in [1.165, 1.54) is 0 Å². The molecule has 4 rings (SSSR count). The molecular formula is C24H32N6O2S. The van der Waals surface area contributed by atoms with Crippen molar-refractivity contribution in [1.82, 2.24) is 20.1 Å². The van der Waals surface area contributed by atoms with Crippen LogP contribution in [-0.2, 0) is 0 Å². The van der Waals surface area contributed by atoms with Gasteiger partial charge in [0, 0.05) is 68.5 Å². The molecule has 1 saturated heterocycles. The van der Waals surface area contributed by atoms with E-state index < -0.39 is 0 Å². The quantitative estimate of drug-likeness (QED) is 0.703. The third-order valence-electron chi connectivity index (χ3n) is 6.03. The van der Waals surface area contributed by atoms with Gasteiger partial charge in [-0.1, -0.05) is 6.07 Å². The normalized spacial score (nSPS) is 16.9. The van der Waals surface area contributed by atoms with Crippen LogP contribution in [0.5, 0.6) is 0 Å². The first-order valence-corrected chi connectivity index (χ1v) is 12.4. The van der Waals surface area contributed by atoms with Crippen molar-refractivity contribution in [3.8, 4) is 0 Å². The summed E-state index contributed by atoms with van der Waals surface area (Å²) in [4.78, 5) is 36.8. The van der Waals surface area contributed by atoms with E-state index in [4.69, 9.17) is 0 Å². The highest BCUT2D eigenvalue weighted by molar-refractivity contribution is 7.99. The molecule has 8 nitrogen and oxygen atoms in total. The molecule has 2 aromatic rings. The zero-order valence-corrected chi connectivity index (χ0v) is 20.4. The first kappa shape index (κ1) is 23.5. The largest absolute Gasteiger partial charge is 0.351 e. The van der Waals surface area contributed by atoms with Crippen molar-refractivity contribution >= 4 is 35.1 Å². The van der Waals surface area contributed by atoms with Crippen molar-refractivity contribution in [1.29, 1.82) is 0 Å². The number of hydrogen-bond donors (Lipinski definition) is 2. The van der Waals surface area contributed by atoms with Gasteiger partial charge in [0.05, 0.1) is 5.69 Å². The van der Waals surface area contributed by atoms with Crippen LogP contribution in [0.3, 0.4) is 0 Å². The Morgan fingerprint density at radius 2 is 1.88 bits per heavy atom. The molecular weight excluding hydrogens is 436 g/mol. The number of piperazine rings is 1. The number of urea groups is 1. The van der Waals surface area contributed by atoms with Gasteiger partial charge in [-0.3, -0.25) is 14.6 Å². The van der Waals surface area contributed by atoms with Crippen molar-refractivity contribution in [3.63, 3.8) is 0 Å². The Balaban J connectivity index is 1.36. The van der Waals surface area contributed by atoms with Crippen LogP contribution in [0, 0.1) is 13.8 Å². The fraction of sp³-hybridized carbons (Fsp3) is 0.458. The number of nitrogens with zero attached hydrogens (tertiary/aromatic N) is 4. The second-order valence-corrected chi connectivity index (χ2v) is 9.73. The number of rotatable bonds is 5. The molecule has 2 aliphatic heterocycles. The Hall–Kier alpha value is -2.62. The number of hydrogen-bond acceptors (Lipinski definition) is 6. The second-order valence-electron chi connectivity index (χ2n) is 8.65. The zero-order valence-electron chi connectivity index (χ0n) is 19.6. The standard InChI is InChI=1S/C24H32N6O2S/c1-17-15-18(2)26-23-21(17)30(13-14-33-23)24(32)27-20-6-4-5-19(16-20)22(31)25-7-8-29-11-9-28(3)10-12-29/h4-6,15-16H,7-14H2,1-3H3,(H,25,31)(H,27,32). The number of amides is 3. The molecule has 0 radical (unpaired) electrons. The first-order chi connectivity index (χ1) is 15.9. The monoisotopic (exact) mass is 468 g/mol. The molecule has 3 heterocycles. The lowest BCUT2D eigenvalue weighted by Crippen LogP contribution is -2.46. The summed E-state index contributed by atoms with van der Waals surface area (Å²) >= 11 is 1.68. The van der Waals surface area contributed by atoms with Gasteiger partial charge < -0.3 is 15.5 Å². The number of thioether (sulfide) groups is 1. The van der Waals surface area contributed by atoms with Crippen LogP contribution in [0.2, 0.25) is 0 Å². The molecule has 0 unspecified atom stereocenters. The van der Waals surface area contributed by atoms with Gasteiger partial charge in [0.25, 0.3) is 5.91 Å². The van der Waals surface area contributed by atoms with Gasteiger partial charge in [-0.25, -0.2) is 9.78 Å². The molecule has 1 fully saturated rings. The van der Waals surface area contributed by atoms with Gasteiger partial charge >= 0.3 is 6.03 Å². The van der Waals surface area contributed by atoms with E-state index in [0.29, 0.717) is 24.3 Å². The Morgan fingerprint density at radius 1 is 1.09 bits per heavy atom. The highest BCUT2D eigenvalue weighted by atomic mass is 32.2. The van der Waals surface area contributed by atoms with Gasteiger partial charge in [-0.05, 0) is 50.7 Å². The summed E-state index contributed by atoms with van der Waals surface area (Å²) in [5, 5.41) is 6.85. The third-order valence-corrected chi connectivity index (χ3v) is 6.98. The Labute approximate surface area is 199 Å². The lowest BCUT2D eigenvalue weighted by Gasteiger charge is -2.32. The number of benzene rings is 1. The Kier molecular flexibility index (Phi) is 7.52. The van der Waals surface area contributed by atoms with Crippen molar-refractivity contribution < 1.29 is 9.59 Å². The van der Waals surface area contributed by atoms with Gasteiger partial charge in [0.15, 0.2) is 0 Å². The van der Waals surface area contributed by atoms with Crippen LogP contribution < -0.4 is 15.5 Å². The predicted molar refractivity (Wildman–Crippen MR) is 134 cm³/mol. The SMILES string of the molecule is Cc1cc(C)c2c(n1)SCCN2C(=O)Nc1cccc(C(=O)NCCN2CCN(C)CC2)c1. The van der Waals surface area contributed by atoms with Gasteiger partial charge in [0.1, 0.15) is 5.03 Å². The van der Waals surface area contributed by atoms with Crippen LogP contribution in [0.4, 0.5) is 16.2 Å². The zero-order chi connectivity index (χ0) is 23.4. The van der Waals surface area contributed by atoms with Crippen molar-refractivity contribution in [2.45, 2.75) is 18.9 Å². The van der Waals surface area contributed by atoms with Crippen molar-refractivity contribution in [2.24, 2.45) is 0 Å². The van der Waals surface area contributed by atoms with E-state index in [1.54, 1.807) is 40.9 Å². The highest BCUT2D eigenvalue weighted by Crippen LogP contribution is 2.36. The van der Waals surface area contributed by atoms with Gasteiger partial charge in [0.2, 0.25) is 0 Å². The molecule has 176 valence electrons. The lowest BCUT2D eigenvalue weighted by molar-refractivity contribution is 0.0941. The molecule has 0 spiro atoms. The molecule has 0 atom stereocenters. The summed E-state index contributed by atoms with van der Waals surface area (Å²) < 4.78 is 0. The minimum Gasteiger partial charge on any atom is -0.351 e. The van der Waals surface area contributed by atoms with E-state index in [1.807, 2.05) is 19.9 Å². The molecule has 2 aliphatic rings. The van der Waals surface area contributed by atoms with Crippen molar-refractivity contribution in [2.75, 3.05) is 68.8 Å². The maximum absolute atomic E-state index is 13.1. The first-order valence-electron chi connectivity index (χ1n) is 11.4. The van der Waals surface area contributed by atoms with Crippen LogP contribution >= 0.6 is 11.8 Å². The second kappa shape index (κ2) is 10.5. The minimum absolute atomic E-state index is 0.129. The Bertz CT molecular complexity index is 1020. The smallest absolute Gasteiger partial charge is 0.326 e. The average Bonchev–Trinajstić information content (AvgIpc) is 2.80. The molecule has 1 aromatic heterocycles. The number of anilines is 2. The number of fused-ring (bicyclic) bond motifs is 1. The predicted octanol–water partition coefficient (Wildman–Crippen LogP) is 2.82. The average molecular weight is 469 g/mol.